The lowest BCUT2D eigenvalue weighted by Gasteiger charge is -2.27. The molecule has 1 aromatic carbocycles. The van der Waals surface area contributed by atoms with Crippen LogP contribution in [0.5, 0.6) is 11.5 Å². The highest BCUT2D eigenvalue weighted by Gasteiger charge is 2.27. The molecule has 0 aliphatic heterocycles. The number of benzene rings is 1. The van der Waals surface area contributed by atoms with Crippen LogP contribution >= 0.6 is 0 Å². The molecule has 4 N–H and O–H groups in total. The lowest BCUT2D eigenvalue weighted by Crippen LogP contribution is -2.40. The molecule has 8 nitrogen and oxygen atoms in total. The summed E-state index contributed by atoms with van der Waals surface area (Å²) in [5, 5.41) is 18.8. The van der Waals surface area contributed by atoms with Gasteiger partial charge in [-0.15, -0.1) is 0 Å². The fraction of sp³-hybridized carbons (Fsp3) is 0.556. The number of carbonyl (C=O) groups is 2. The third kappa shape index (κ3) is 5.52. The van der Waals surface area contributed by atoms with Crippen LogP contribution in [-0.4, -0.2) is 46.7 Å². The van der Waals surface area contributed by atoms with E-state index in [1.54, 1.807) is 19.9 Å². The van der Waals surface area contributed by atoms with Gasteiger partial charge in [0.2, 0.25) is 0 Å². The van der Waals surface area contributed by atoms with Crippen molar-refractivity contribution in [3.05, 3.63) is 23.8 Å². The van der Waals surface area contributed by atoms with Crippen LogP contribution in [0.25, 0.3) is 0 Å². The van der Waals surface area contributed by atoms with Gasteiger partial charge in [-0.2, -0.15) is 0 Å². The van der Waals surface area contributed by atoms with Gasteiger partial charge in [0, 0.05) is 0 Å². The minimum absolute atomic E-state index is 0.0808. The van der Waals surface area contributed by atoms with Gasteiger partial charge in [-0.05, 0) is 57.2 Å². The van der Waals surface area contributed by atoms with Crippen LogP contribution in [0.15, 0.2) is 18.2 Å². The Morgan fingerprint density at radius 3 is 2.38 bits per heavy atom. The van der Waals surface area contributed by atoms with Gasteiger partial charge in [0.1, 0.15) is 24.4 Å². The molecule has 0 heterocycles. The van der Waals surface area contributed by atoms with E-state index < -0.39 is 30.4 Å². The van der Waals surface area contributed by atoms with Crippen molar-refractivity contribution in [2.75, 3.05) is 0 Å². The number of hydrogen-bond donors (Lipinski definition) is 3. The molecular weight excluding hydrogens is 342 g/mol. The van der Waals surface area contributed by atoms with Gasteiger partial charge < -0.3 is 30.2 Å². The molecule has 8 heteroatoms. The standard InChI is InChI=1S/C18H25NO7/c1-10(11(2)25-18(23)26-13-4-3-5-13)24-17(22)14(19)8-12-6-7-15(20)16(21)9-12/h6-7,9-11,13-14,20-21H,3-5,8,19H2,1-2H3/t10-,11?,14+/m1/s1. The Balaban J connectivity index is 1.78. The Morgan fingerprint density at radius 2 is 1.81 bits per heavy atom. The summed E-state index contributed by atoms with van der Waals surface area (Å²) in [6.45, 7) is 3.20. The Morgan fingerprint density at radius 1 is 1.15 bits per heavy atom. The molecule has 0 bridgehead atoms. The zero-order chi connectivity index (χ0) is 19.3. The predicted octanol–water partition coefficient (Wildman–Crippen LogP) is 1.99. The third-order valence-corrected chi connectivity index (χ3v) is 4.36. The van der Waals surface area contributed by atoms with Gasteiger partial charge in [-0.3, -0.25) is 4.79 Å². The molecule has 0 radical (unpaired) electrons. The maximum Gasteiger partial charge on any atom is 0.508 e. The molecule has 2 rings (SSSR count). The van der Waals surface area contributed by atoms with Crippen molar-refractivity contribution >= 4 is 12.1 Å². The molecule has 1 saturated carbocycles. The lowest BCUT2D eigenvalue weighted by atomic mass is 9.96. The average molecular weight is 367 g/mol. The number of phenols is 2. The molecule has 0 spiro atoms. The van der Waals surface area contributed by atoms with E-state index >= 15 is 0 Å². The first kappa shape index (κ1) is 19.8. The summed E-state index contributed by atoms with van der Waals surface area (Å²) in [7, 11) is 0. The number of ether oxygens (including phenoxy) is 3. The maximum absolute atomic E-state index is 12.1. The van der Waals surface area contributed by atoms with E-state index in [1.807, 2.05) is 0 Å². The fourth-order valence-electron chi connectivity index (χ4n) is 2.30. The fourth-order valence-corrected chi connectivity index (χ4v) is 2.30. The number of phenolic OH excluding ortho intramolecular Hbond substituents is 2. The van der Waals surface area contributed by atoms with Gasteiger partial charge in [0.15, 0.2) is 11.5 Å². The van der Waals surface area contributed by atoms with E-state index in [0.717, 1.165) is 19.3 Å². The minimum atomic E-state index is -0.962. The van der Waals surface area contributed by atoms with Crippen LogP contribution in [0.4, 0.5) is 4.79 Å². The van der Waals surface area contributed by atoms with Crippen LogP contribution in [0.2, 0.25) is 0 Å². The van der Waals surface area contributed by atoms with Gasteiger partial charge in [0.25, 0.3) is 0 Å². The summed E-state index contributed by atoms with van der Waals surface area (Å²) in [5.41, 5.74) is 6.40. The lowest BCUT2D eigenvalue weighted by molar-refractivity contribution is -0.156. The largest absolute Gasteiger partial charge is 0.508 e. The maximum atomic E-state index is 12.1. The minimum Gasteiger partial charge on any atom is -0.504 e. The van der Waals surface area contributed by atoms with Crippen molar-refractivity contribution in [1.29, 1.82) is 0 Å². The van der Waals surface area contributed by atoms with E-state index in [4.69, 9.17) is 19.9 Å². The van der Waals surface area contributed by atoms with E-state index in [0.29, 0.717) is 5.56 Å². The molecule has 0 amide bonds. The molecule has 0 aromatic heterocycles. The number of esters is 1. The number of aromatic hydroxyl groups is 2. The normalized spacial score (nSPS) is 17.5. The molecule has 26 heavy (non-hydrogen) atoms. The number of rotatable bonds is 7. The molecule has 1 aliphatic rings. The monoisotopic (exact) mass is 367 g/mol. The molecule has 0 saturated heterocycles. The highest BCUT2D eigenvalue weighted by molar-refractivity contribution is 5.76. The van der Waals surface area contributed by atoms with Gasteiger partial charge >= 0.3 is 12.1 Å². The first-order valence-corrected chi connectivity index (χ1v) is 8.60. The van der Waals surface area contributed by atoms with E-state index in [1.165, 1.54) is 12.1 Å². The Labute approximate surface area is 151 Å². The number of nitrogens with two attached hydrogens (primary N) is 1. The molecular formula is C18H25NO7. The Bertz CT molecular complexity index is 644. The topological polar surface area (TPSA) is 128 Å². The highest BCUT2D eigenvalue weighted by atomic mass is 16.7. The van der Waals surface area contributed by atoms with Crippen LogP contribution < -0.4 is 5.73 Å². The van der Waals surface area contributed by atoms with E-state index in [9.17, 15) is 19.8 Å². The summed E-state index contributed by atoms with van der Waals surface area (Å²) in [5.74, 6) is -1.20. The van der Waals surface area contributed by atoms with Crippen LogP contribution in [0.3, 0.4) is 0 Å². The zero-order valence-electron chi connectivity index (χ0n) is 14.9. The predicted molar refractivity (Wildman–Crippen MR) is 91.7 cm³/mol. The Kier molecular flexibility index (Phi) is 6.68. The van der Waals surface area contributed by atoms with E-state index in [-0.39, 0.29) is 24.0 Å². The molecule has 1 aliphatic carbocycles. The number of carbonyl (C=O) groups excluding carboxylic acids is 2. The molecule has 144 valence electrons. The van der Waals surface area contributed by atoms with Gasteiger partial charge in [0.05, 0.1) is 0 Å². The van der Waals surface area contributed by atoms with Crippen molar-refractivity contribution in [1.82, 2.24) is 0 Å². The highest BCUT2D eigenvalue weighted by Crippen LogP contribution is 2.25. The first-order valence-electron chi connectivity index (χ1n) is 8.60. The van der Waals surface area contributed by atoms with Crippen LogP contribution in [-0.2, 0) is 25.4 Å². The summed E-state index contributed by atoms with van der Waals surface area (Å²) in [6, 6.07) is 3.23. The van der Waals surface area contributed by atoms with Gasteiger partial charge in [-0.25, -0.2) is 4.79 Å². The summed E-state index contributed by atoms with van der Waals surface area (Å²) < 4.78 is 15.4. The molecule has 1 fully saturated rings. The van der Waals surface area contributed by atoms with Crippen LogP contribution in [0, 0.1) is 0 Å². The Hall–Kier alpha value is -2.48. The second-order valence-electron chi connectivity index (χ2n) is 6.52. The van der Waals surface area contributed by atoms with Gasteiger partial charge in [-0.1, -0.05) is 6.07 Å². The summed E-state index contributed by atoms with van der Waals surface area (Å²) in [6.07, 6.45) is 0.617. The molecule has 1 aromatic rings. The van der Waals surface area contributed by atoms with Crippen molar-refractivity contribution in [3.63, 3.8) is 0 Å². The second kappa shape index (κ2) is 8.75. The summed E-state index contributed by atoms with van der Waals surface area (Å²) in [4.78, 5) is 23.7. The SMILES string of the molecule is CC(OC(=O)OC1CCC1)[C@@H](C)OC(=O)[C@@H](N)Cc1ccc(O)c(O)c1. The van der Waals surface area contributed by atoms with E-state index in [2.05, 4.69) is 0 Å². The smallest absolute Gasteiger partial charge is 0.504 e. The third-order valence-electron chi connectivity index (χ3n) is 4.36. The summed E-state index contributed by atoms with van der Waals surface area (Å²) >= 11 is 0. The van der Waals surface area contributed by atoms with Crippen molar-refractivity contribution < 1.29 is 34.0 Å². The second-order valence-corrected chi connectivity index (χ2v) is 6.52. The first-order chi connectivity index (χ1) is 12.3. The van der Waals surface area contributed by atoms with Crippen molar-refractivity contribution in [2.24, 2.45) is 5.73 Å². The molecule has 1 unspecified atom stereocenters. The quantitative estimate of drug-likeness (QED) is 0.493. The average Bonchev–Trinajstić information content (AvgIpc) is 2.54. The zero-order valence-corrected chi connectivity index (χ0v) is 14.9. The van der Waals surface area contributed by atoms with Crippen molar-refractivity contribution in [3.8, 4) is 11.5 Å². The number of hydrogen-bond acceptors (Lipinski definition) is 8. The van der Waals surface area contributed by atoms with Crippen LogP contribution in [0.1, 0.15) is 38.7 Å². The molecule has 3 atom stereocenters. The van der Waals surface area contributed by atoms with Crippen molar-refractivity contribution in [2.45, 2.75) is 63.9 Å².